The summed E-state index contributed by atoms with van der Waals surface area (Å²) in [6.45, 7) is 0.309. The van der Waals surface area contributed by atoms with E-state index in [1.807, 2.05) is 12.1 Å². The standard InChI is InChI=1S/C14H9Cl3O3S/c15-10-5-12(17)13(6-11(10)16)20-7-9-2-1-8(21-9)3-4-14(18)19/h1-6H,7H2,(H,18,19). The average Bonchev–Trinajstić information content (AvgIpc) is 2.87. The summed E-state index contributed by atoms with van der Waals surface area (Å²) in [5.41, 5.74) is 0. The lowest BCUT2D eigenvalue weighted by atomic mass is 10.3. The fraction of sp³-hybridized carbons (Fsp3) is 0.0714. The van der Waals surface area contributed by atoms with Crippen LogP contribution < -0.4 is 4.74 Å². The topological polar surface area (TPSA) is 46.5 Å². The molecule has 2 aromatic rings. The molecule has 0 fully saturated rings. The maximum atomic E-state index is 10.4. The average molecular weight is 364 g/mol. The lowest BCUT2D eigenvalue weighted by Crippen LogP contribution is -1.93. The Morgan fingerprint density at radius 3 is 2.62 bits per heavy atom. The Morgan fingerprint density at radius 1 is 1.19 bits per heavy atom. The molecule has 0 aliphatic carbocycles. The Morgan fingerprint density at radius 2 is 1.90 bits per heavy atom. The zero-order chi connectivity index (χ0) is 15.4. The first-order valence-corrected chi connectivity index (χ1v) is 7.68. The van der Waals surface area contributed by atoms with E-state index in [0.717, 1.165) is 15.8 Å². The molecule has 1 N–H and O–H groups in total. The molecule has 0 radical (unpaired) electrons. The number of carboxylic acids is 1. The van der Waals surface area contributed by atoms with Gasteiger partial charge in [0.05, 0.1) is 15.1 Å². The number of halogens is 3. The fourth-order valence-corrected chi connectivity index (χ4v) is 2.90. The van der Waals surface area contributed by atoms with Crippen LogP contribution in [0, 0.1) is 0 Å². The van der Waals surface area contributed by atoms with E-state index < -0.39 is 5.97 Å². The first-order valence-electron chi connectivity index (χ1n) is 5.73. The second-order valence-electron chi connectivity index (χ2n) is 3.96. The smallest absolute Gasteiger partial charge is 0.328 e. The third-order valence-electron chi connectivity index (χ3n) is 2.42. The van der Waals surface area contributed by atoms with Crippen LogP contribution in [0.3, 0.4) is 0 Å². The van der Waals surface area contributed by atoms with Gasteiger partial charge in [-0.05, 0) is 24.3 Å². The van der Waals surface area contributed by atoms with E-state index >= 15 is 0 Å². The number of hydrogen-bond donors (Lipinski definition) is 1. The lowest BCUT2D eigenvalue weighted by molar-refractivity contribution is -0.131. The van der Waals surface area contributed by atoms with E-state index in [2.05, 4.69) is 0 Å². The van der Waals surface area contributed by atoms with E-state index in [-0.39, 0.29) is 0 Å². The molecule has 0 saturated carbocycles. The van der Waals surface area contributed by atoms with E-state index in [9.17, 15) is 4.79 Å². The van der Waals surface area contributed by atoms with E-state index in [1.165, 1.54) is 23.5 Å². The van der Waals surface area contributed by atoms with Crippen molar-refractivity contribution in [3.05, 3.63) is 55.2 Å². The van der Waals surface area contributed by atoms with Gasteiger partial charge in [0.2, 0.25) is 0 Å². The molecule has 1 aromatic heterocycles. The first-order chi connectivity index (χ1) is 9.95. The summed E-state index contributed by atoms with van der Waals surface area (Å²) in [6.07, 6.45) is 2.62. The van der Waals surface area contributed by atoms with Crippen molar-refractivity contribution in [2.75, 3.05) is 0 Å². The molecule has 0 aliphatic heterocycles. The minimum absolute atomic E-state index is 0.309. The predicted molar refractivity (Wildman–Crippen MR) is 86.8 cm³/mol. The number of benzene rings is 1. The van der Waals surface area contributed by atoms with Gasteiger partial charge in [0.1, 0.15) is 12.4 Å². The predicted octanol–water partition coefficient (Wildman–Crippen LogP) is 5.39. The maximum Gasteiger partial charge on any atom is 0.328 e. The monoisotopic (exact) mass is 362 g/mol. The van der Waals surface area contributed by atoms with Crippen LogP contribution in [-0.2, 0) is 11.4 Å². The molecule has 0 spiro atoms. The van der Waals surface area contributed by atoms with Gasteiger partial charge in [-0.3, -0.25) is 0 Å². The number of thiophene rings is 1. The normalized spacial score (nSPS) is 11.0. The van der Waals surface area contributed by atoms with Gasteiger partial charge < -0.3 is 9.84 Å². The van der Waals surface area contributed by atoms with Gasteiger partial charge in [0.25, 0.3) is 0 Å². The number of aliphatic carboxylic acids is 1. The second-order valence-corrected chi connectivity index (χ2v) is 6.38. The highest BCUT2D eigenvalue weighted by molar-refractivity contribution is 7.12. The Labute approximate surface area is 140 Å². The molecule has 0 atom stereocenters. The molecule has 7 heteroatoms. The van der Waals surface area contributed by atoms with E-state index in [0.29, 0.717) is 27.4 Å². The van der Waals surface area contributed by atoms with Crippen molar-refractivity contribution in [1.29, 1.82) is 0 Å². The lowest BCUT2D eigenvalue weighted by Gasteiger charge is -2.08. The van der Waals surface area contributed by atoms with Gasteiger partial charge in [-0.25, -0.2) is 4.79 Å². The highest BCUT2D eigenvalue weighted by Crippen LogP contribution is 2.34. The van der Waals surface area contributed by atoms with Crippen molar-refractivity contribution >= 4 is 58.2 Å². The Kier molecular flexibility index (Phi) is 5.53. The number of rotatable bonds is 5. The SMILES string of the molecule is O=C(O)C=Cc1ccc(COc2cc(Cl)c(Cl)cc2Cl)s1. The summed E-state index contributed by atoms with van der Waals surface area (Å²) < 4.78 is 5.59. The molecule has 3 nitrogen and oxygen atoms in total. The van der Waals surface area contributed by atoms with Gasteiger partial charge >= 0.3 is 5.97 Å². The van der Waals surface area contributed by atoms with Crippen molar-refractivity contribution in [3.63, 3.8) is 0 Å². The number of carbonyl (C=O) groups is 1. The zero-order valence-electron chi connectivity index (χ0n) is 10.5. The molecular formula is C14H9Cl3O3S. The molecule has 1 aromatic carbocycles. The van der Waals surface area contributed by atoms with Gasteiger partial charge in [-0.2, -0.15) is 0 Å². The fourth-order valence-electron chi connectivity index (χ4n) is 1.48. The van der Waals surface area contributed by atoms with Gasteiger partial charge in [-0.1, -0.05) is 34.8 Å². The molecule has 110 valence electrons. The van der Waals surface area contributed by atoms with Crippen LogP contribution in [0.1, 0.15) is 9.75 Å². The van der Waals surface area contributed by atoms with Gasteiger partial charge in [-0.15, -0.1) is 11.3 Å². The molecule has 21 heavy (non-hydrogen) atoms. The molecule has 0 saturated heterocycles. The Hall–Kier alpha value is -1.20. The van der Waals surface area contributed by atoms with Crippen molar-refractivity contribution in [3.8, 4) is 5.75 Å². The molecule has 2 rings (SSSR count). The molecule has 0 unspecified atom stereocenters. The van der Waals surface area contributed by atoms with Crippen molar-refractivity contribution < 1.29 is 14.6 Å². The van der Waals surface area contributed by atoms with Crippen LogP contribution in [0.4, 0.5) is 0 Å². The molecule has 0 aliphatic rings. The summed E-state index contributed by atoms with van der Waals surface area (Å²) >= 11 is 19.2. The molecule has 0 amide bonds. The number of hydrogen-bond acceptors (Lipinski definition) is 3. The highest BCUT2D eigenvalue weighted by atomic mass is 35.5. The van der Waals surface area contributed by atoms with Gasteiger partial charge in [0, 0.05) is 21.9 Å². The summed E-state index contributed by atoms with van der Waals surface area (Å²) in [4.78, 5) is 12.2. The number of ether oxygens (including phenoxy) is 1. The first kappa shape index (κ1) is 16.2. The summed E-state index contributed by atoms with van der Waals surface area (Å²) in [7, 11) is 0. The van der Waals surface area contributed by atoms with Crippen LogP contribution >= 0.6 is 46.1 Å². The van der Waals surface area contributed by atoms with Crippen LogP contribution in [0.5, 0.6) is 5.75 Å². The van der Waals surface area contributed by atoms with Crippen molar-refractivity contribution in [1.82, 2.24) is 0 Å². The Bertz CT molecular complexity index is 695. The highest BCUT2D eigenvalue weighted by Gasteiger charge is 2.08. The van der Waals surface area contributed by atoms with Crippen LogP contribution in [0.15, 0.2) is 30.3 Å². The third kappa shape index (κ3) is 4.64. The summed E-state index contributed by atoms with van der Waals surface area (Å²) in [6, 6.07) is 6.76. The zero-order valence-corrected chi connectivity index (χ0v) is 13.6. The van der Waals surface area contributed by atoms with E-state index in [4.69, 9.17) is 44.6 Å². The summed E-state index contributed by atoms with van der Waals surface area (Å²) in [5, 5.41) is 9.68. The van der Waals surface area contributed by atoms with Crippen LogP contribution in [0.25, 0.3) is 6.08 Å². The van der Waals surface area contributed by atoms with Crippen molar-refractivity contribution in [2.45, 2.75) is 6.61 Å². The van der Waals surface area contributed by atoms with Gasteiger partial charge in [0.15, 0.2) is 0 Å². The van der Waals surface area contributed by atoms with Crippen LogP contribution in [-0.4, -0.2) is 11.1 Å². The largest absolute Gasteiger partial charge is 0.486 e. The number of carboxylic acid groups (broad SMARTS) is 1. The van der Waals surface area contributed by atoms with Crippen molar-refractivity contribution in [2.24, 2.45) is 0 Å². The minimum Gasteiger partial charge on any atom is -0.486 e. The second kappa shape index (κ2) is 7.18. The summed E-state index contributed by atoms with van der Waals surface area (Å²) in [5.74, 6) is -0.536. The third-order valence-corrected chi connectivity index (χ3v) is 4.46. The quantitative estimate of drug-likeness (QED) is 0.572. The molecular weight excluding hydrogens is 355 g/mol. The van der Waals surface area contributed by atoms with E-state index in [1.54, 1.807) is 6.07 Å². The molecule has 0 bridgehead atoms. The maximum absolute atomic E-state index is 10.4. The Balaban J connectivity index is 2.04. The molecule has 1 heterocycles. The minimum atomic E-state index is -0.983. The van der Waals surface area contributed by atoms with Crippen LogP contribution in [0.2, 0.25) is 15.1 Å².